The fraction of sp³-hybridized carbons (Fsp3) is 0.233. The molecule has 1 unspecified atom stereocenters. The maximum absolute atomic E-state index is 13.0. The van der Waals surface area contributed by atoms with Crippen LogP contribution in [-0.2, 0) is 4.79 Å². The number of carboxylic acids is 1. The van der Waals surface area contributed by atoms with Gasteiger partial charge in [-0.05, 0) is 86.5 Å². The highest BCUT2D eigenvalue weighted by molar-refractivity contribution is 6.30. The van der Waals surface area contributed by atoms with Crippen molar-refractivity contribution in [1.29, 1.82) is 0 Å². The first-order chi connectivity index (χ1) is 18.6. The molecule has 0 spiro atoms. The summed E-state index contributed by atoms with van der Waals surface area (Å²) in [5.41, 5.74) is 2.00. The molecule has 0 saturated carbocycles. The zero-order valence-corrected chi connectivity index (χ0v) is 23.4. The molecule has 0 aromatic heterocycles. The smallest absolute Gasteiger partial charge is 0.335 e. The summed E-state index contributed by atoms with van der Waals surface area (Å²) in [6.45, 7) is 4.54. The topological polar surface area (TPSA) is 82.4 Å². The van der Waals surface area contributed by atoms with Gasteiger partial charge < -0.3 is 19.6 Å². The van der Waals surface area contributed by atoms with Crippen molar-refractivity contribution in [2.75, 3.05) is 20.1 Å². The number of amides is 1. The molecule has 39 heavy (non-hydrogen) atoms. The third-order valence-electron chi connectivity index (χ3n) is 6.50. The third kappa shape index (κ3) is 6.80. The van der Waals surface area contributed by atoms with E-state index in [0.717, 1.165) is 5.56 Å². The Kier molecular flexibility index (Phi) is 8.94. The summed E-state index contributed by atoms with van der Waals surface area (Å²) in [5, 5.41) is 11.1. The summed E-state index contributed by atoms with van der Waals surface area (Å²) in [4.78, 5) is 33.3. The molecule has 0 aliphatic carbocycles. The first-order valence-corrected chi connectivity index (χ1v) is 13.2. The van der Waals surface area contributed by atoms with Gasteiger partial charge >= 0.3 is 5.97 Å². The van der Waals surface area contributed by atoms with E-state index in [9.17, 15) is 14.7 Å². The molecule has 7 nitrogen and oxygen atoms in total. The number of rotatable bonds is 9. The Labute approximate surface area is 237 Å². The Morgan fingerprint density at radius 1 is 0.974 bits per heavy atom. The molecule has 4 rings (SSSR count). The van der Waals surface area contributed by atoms with E-state index in [1.54, 1.807) is 79.5 Å². The lowest BCUT2D eigenvalue weighted by molar-refractivity contribution is -0.133. The first-order valence-electron chi connectivity index (χ1n) is 12.4. The monoisotopic (exact) mass is 565 g/mol. The summed E-state index contributed by atoms with van der Waals surface area (Å²) in [7, 11) is 1.75. The van der Waals surface area contributed by atoms with Crippen LogP contribution < -0.4 is 4.74 Å². The average molecular weight is 566 g/mol. The quantitative estimate of drug-likeness (QED) is 0.299. The Hall–Kier alpha value is -3.81. The molecule has 1 aliphatic heterocycles. The van der Waals surface area contributed by atoms with E-state index >= 15 is 0 Å². The molecule has 0 fully saturated rings. The van der Waals surface area contributed by atoms with Gasteiger partial charge in [0.15, 0.2) is 0 Å². The molecule has 0 bridgehead atoms. The molecule has 9 heteroatoms. The largest absolute Gasteiger partial charge is 0.478 e. The van der Waals surface area contributed by atoms with E-state index in [1.807, 2.05) is 24.0 Å². The second-order valence-corrected chi connectivity index (χ2v) is 10.1. The minimum Gasteiger partial charge on any atom is -0.478 e. The maximum atomic E-state index is 13.0. The lowest BCUT2D eigenvalue weighted by atomic mass is 9.93. The van der Waals surface area contributed by atoms with Crippen LogP contribution in [-0.4, -0.2) is 52.8 Å². The number of allylic oxidation sites excluding steroid dienone is 1. The third-order valence-corrected chi connectivity index (χ3v) is 6.99. The van der Waals surface area contributed by atoms with E-state index in [2.05, 4.69) is 4.99 Å². The van der Waals surface area contributed by atoms with Crippen molar-refractivity contribution in [3.05, 3.63) is 105 Å². The van der Waals surface area contributed by atoms with Gasteiger partial charge in [-0.15, -0.1) is 0 Å². The van der Waals surface area contributed by atoms with Gasteiger partial charge in [0.2, 0.25) is 0 Å². The van der Waals surface area contributed by atoms with Crippen LogP contribution in [0.5, 0.6) is 11.5 Å². The number of carbonyl (C=O) groups excluding carboxylic acids is 1. The number of aliphatic carboxylic acids is 1. The number of aliphatic imine (C=N–C) groups is 1. The number of carboxylic acid groups (broad SMARTS) is 1. The minimum atomic E-state index is -1.02. The van der Waals surface area contributed by atoms with Crippen molar-refractivity contribution < 1.29 is 19.4 Å². The molecule has 1 amide bonds. The SMILES string of the molecule is CC1=NC(C)=C(C(=O)O)C(c2cccc(Cl)c2)N1CCCN(C)C(=O)c1ccc(Oc2ccc(Cl)cc2)cc1. The fourth-order valence-electron chi connectivity index (χ4n) is 4.60. The van der Waals surface area contributed by atoms with Gasteiger partial charge in [-0.1, -0.05) is 35.3 Å². The van der Waals surface area contributed by atoms with E-state index in [0.29, 0.717) is 58.2 Å². The van der Waals surface area contributed by atoms with E-state index in [1.165, 1.54) is 0 Å². The molecule has 3 aromatic rings. The van der Waals surface area contributed by atoms with Gasteiger partial charge in [-0.25, -0.2) is 9.79 Å². The normalized spacial score (nSPS) is 15.2. The molecule has 3 aromatic carbocycles. The van der Waals surface area contributed by atoms with Crippen LogP contribution >= 0.6 is 23.2 Å². The zero-order chi connectivity index (χ0) is 28.1. The number of carbonyl (C=O) groups is 2. The number of ether oxygens (including phenoxy) is 1. The fourth-order valence-corrected chi connectivity index (χ4v) is 4.92. The number of hydrogen-bond acceptors (Lipinski definition) is 5. The van der Waals surface area contributed by atoms with Crippen molar-refractivity contribution >= 4 is 40.9 Å². The molecule has 202 valence electrons. The van der Waals surface area contributed by atoms with Gasteiger partial charge in [-0.3, -0.25) is 4.79 Å². The van der Waals surface area contributed by atoms with Crippen LogP contribution in [0.15, 0.2) is 89.1 Å². The molecule has 1 heterocycles. The molecular weight excluding hydrogens is 537 g/mol. The maximum Gasteiger partial charge on any atom is 0.335 e. The van der Waals surface area contributed by atoms with Crippen LogP contribution in [0.1, 0.15) is 42.2 Å². The van der Waals surface area contributed by atoms with Crippen molar-refractivity contribution in [3.63, 3.8) is 0 Å². The summed E-state index contributed by atoms with van der Waals surface area (Å²) in [5.74, 6) is 0.841. The van der Waals surface area contributed by atoms with Crippen LogP contribution in [0.4, 0.5) is 0 Å². The standard InChI is InChI=1S/C30H29Cl2N3O4/c1-19-27(30(37)38)28(22-6-4-7-24(32)18-22)35(20(2)33-19)17-5-16-34(3)29(36)21-8-12-25(13-9-21)39-26-14-10-23(31)11-15-26/h4,6-15,18,28H,5,16-17H2,1-3H3,(H,37,38). The van der Waals surface area contributed by atoms with Crippen LogP contribution in [0, 0.1) is 0 Å². The van der Waals surface area contributed by atoms with Crippen LogP contribution in [0.25, 0.3) is 0 Å². The van der Waals surface area contributed by atoms with Gasteiger partial charge in [0.05, 0.1) is 17.3 Å². The molecule has 0 radical (unpaired) electrons. The number of nitrogens with zero attached hydrogens (tertiary/aromatic N) is 3. The molecule has 1 atom stereocenters. The molecular formula is C30H29Cl2N3O4. The predicted molar refractivity (Wildman–Crippen MR) is 154 cm³/mol. The summed E-state index contributed by atoms with van der Waals surface area (Å²) in [6.07, 6.45) is 0.607. The van der Waals surface area contributed by atoms with Gasteiger partial charge in [0, 0.05) is 35.7 Å². The number of benzene rings is 3. The van der Waals surface area contributed by atoms with Crippen molar-refractivity contribution in [3.8, 4) is 11.5 Å². The first kappa shape index (κ1) is 28.2. The lowest BCUT2D eigenvalue weighted by Gasteiger charge is -2.37. The van der Waals surface area contributed by atoms with Crippen LogP contribution in [0.2, 0.25) is 10.0 Å². The Balaban J connectivity index is 1.41. The lowest BCUT2D eigenvalue weighted by Crippen LogP contribution is -2.41. The highest BCUT2D eigenvalue weighted by atomic mass is 35.5. The predicted octanol–water partition coefficient (Wildman–Crippen LogP) is 7.08. The van der Waals surface area contributed by atoms with Crippen molar-refractivity contribution in [1.82, 2.24) is 9.80 Å². The second-order valence-electron chi connectivity index (χ2n) is 9.27. The highest BCUT2D eigenvalue weighted by Gasteiger charge is 2.34. The molecule has 1 N–H and O–H groups in total. The number of amidine groups is 1. The van der Waals surface area contributed by atoms with Crippen LogP contribution in [0.3, 0.4) is 0 Å². The zero-order valence-electron chi connectivity index (χ0n) is 21.9. The van der Waals surface area contributed by atoms with Crippen molar-refractivity contribution in [2.45, 2.75) is 26.3 Å². The Morgan fingerprint density at radius 2 is 1.62 bits per heavy atom. The second kappa shape index (κ2) is 12.4. The van der Waals surface area contributed by atoms with Gasteiger partial charge in [0.1, 0.15) is 17.3 Å². The van der Waals surface area contributed by atoms with E-state index in [-0.39, 0.29) is 11.5 Å². The molecule has 0 saturated heterocycles. The Morgan fingerprint density at radius 3 is 2.23 bits per heavy atom. The average Bonchev–Trinajstić information content (AvgIpc) is 2.90. The summed E-state index contributed by atoms with van der Waals surface area (Å²) >= 11 is 12.2. The van der Waals surface area contributed by atoms with Gasteiger partial charge in [0.25, 0.3) is 5.91 Å². The van der Waals surface area contributed by atoms with E-state index < -0.39 is 12.0 Å². The summed E-state index contributed by atoms with van der Waals surface area (Å²) < 4.78 is 5.80. The van der Waals surface area contributed by atoms with Gasteiger partial charge in [-0.2, -0.15) is 0 Å². The highest BCUT2D eigenvalue weighted by Crippen LogP contribution is 2.36. The Bertz CT molecular complexity index is 1420. The molecule has 1 aliphatic rings. The number of hydrogen-bond donors (Lipinski definition) is 1. The summed E-state index contributed by atoms with van der Waals surface area (Å²) in [6, 6.07) is 20.7. The number of halogens is 2. The minimum absolute atomic E-state index is 0.120. The van der Waals surface area contributed by atoms with Crippen molar-refractivity contribution in [2.24, 2.45) is 4.99 Å². The van der Waals surface area contributed by atoms with E-state index in [4.69, 9.17) is 27.9 Å².